The van der Waals surface area contributed by atoms with Crippen molar-refractivity contribution in [3.8, 4) is 0 Å². The molecule has 0 spiro atoms. The highest BCUT2D eigenvalue weighted by molar-refractivity contribution is 7.89. The zero-order chi connectivity index (χ0) is 14.8. The van der Waals surface area contributed by atoms with Gasteiger partial charge in [0, 0.05) is 26.8 Å². The van der Waals surface area contributed by atoms with Crippen LogP contribution in [0.2, 0.25) is 0 Å². The molecule has 7 nitrogen and oxygen atoms in total. The van der Waals surface area contributed by atoms with Gasteiger partial charge in [0.25, 0.3) is 0 Å². The minimum Gasteiger partial charge on any atom is -0.347 e. The Morgan fingerprint density at radius 3 is 2.47 bits per heavy atom. The van der Waals surface area contributed by atoms with E-state index >= 15 is 0 Å². The Hall–Kier alpha value is -1.41. The zero-order valence-corrected chi connectivity index (χ0v) is 12.7. The number of hydrogen-bond donors (Lipinski definition) is 1. The van der Waals surface area contributed by atoms with Crippen molar-refractivity contribution in [1.82, 2.24) is 19.4 Å². The quantitative estimate of drug-likeness (QED) is 0.829. The standard InChI is InChI=1S/C11H20N4O3S/c1-6-15-8-9(7-12-15)19(17,18)13-11(2,3)10(16)14(4)5/h7-8,13H,6H2,1-5H3. The van der Waals surface area contributed by atoms with Crippen LogP contribution in [0.15, 0.2) is 17.3 Å². The van der Waals surface area contributed by atoms with E-state index in [1.165, 1.54) is 35.8 Å². The second kappa shape index (κ2) is 5.30. The van der Waals surface area contributed by atoms with Crippen molar-refractivity contribution in [3.63, 3.8) is 0 Å². The fourth-order valence-electron chi connectivity index (χ4n) is 1.65. The summed E-state index contributed by atoms with van der Waals surface area (Å²) in [4.78, 5) is 13.3. The number of rotatable bonds is 5. The summed E-state index contributed by atoms with van der Waals surface area (Å²) in [6.07, 6.45) is 2.70. The highest BCUT2D eigenvalue weighted by Crippen LogP contribution is 2.14. The summed E-state index contributed by atoms with van der Waals surface area (Å²) in [5, 5.41) is 3.91. The van der Waals surface area contributed by atoms with E-state index in [9.17, 15) is 13.2 Å². The second-order valence-electron chi connectivity index (χ2n) is 4.96. The van der Waals surface area contributed by atoms with Crippen molar-refractivity contribution in [3.05, 3.63) is 12.4 Å². The van der Waals surface area contributed by atoms with Crippen LogP contribution in [-0.2, 0) is 21.4 Å². The third-order valence-corrected chi connectivity index (χ3v) is 4.18. The number of hydrogen-bond acceptors (Lipinski definition) is 4. The van der Waals surface area contributed by atoms with E-state index < -0.39 is 15.6 Å². The first-order valence-corrected chi connectivity index (χ1v) is 7.36. The molecule has 0 aliphatic rings. The lowest BCUT2D eigenvalue weighted by molar-refractivity contribution is -0.133. The Bertz CT molecular complexity index is 560. The first-order chi connectivity index (χ1) is 8.60. The molecule has 0 saturated heterocycles. The maximum atomic E-state index is 12.2. The summed E-state index contributed by atoms with van der Waals surface area (Å²) < 4.78 is 28.2. The summed E-state index contributed by atoms with van der Waals surface area (Å²) >= 11 is 0. The van der Waals surface area contributed by atoms with Gasteiger partial charge in [-0.1, -0.05) is 0 Å². The topological polar surface area (TPSA) is 84.3 Å². The predicted octanol–water partition coefficient (Wildman–Crippen LogP) is 0.0481. The highest BCUT2D eigenvalue weighted by Gasteiger charge is 2.34. The number of aromatic nitrogens is 2. The Balaban J connectivity index is 3.00. The average molecular weight is 288 g/mol. The van der Waals surface area contributed by atoms with Crippen molar-refractivity contribution in [2.24, 2.45) is 0 Å². The fraction of sp³-hybridized carbons (Fsp3) is 0.636. The van der Waals surface area contributed by atoms with Crippen molar-refractivity contribution in [2.75, 3.05) is 14.1 Å². The molecule has 0 aliphatic heterocycles. The Morgan fingerprint density at radius 1 is 1.47 bits per heavy atom. The summed E-state index contributed by atoms with van der Waals surface area (Å²) in [6, 6.07) is 0. The maximum absolute atomic E-state index is 12.2. The molecule has 0 atom stereocenters. The zero-order valence-electron chi connectivity index (χ0n) is 11.8. The number of sulfonamides is 1. The first kappa shape index (κ1) is 15.6. The summed E-state index contributed by atoms with van der Waals surface area (Å²) in [6.45, 7) is 5.49. The molecular formula is C11H20N4O3S. The average Bonchev–Trinajstić information content (AvgIpc) is 2.75. The van der Waals surface area contributed by atoms with Gasteiger partial charge < -0.3 is 4.90 Å². The summed E-state index contributed by atoms with van der Waals surface area (Å²) in [7, 11) is -0.613. The molecule has 0 aliphatic carbocycles. The minimum absolute atomic E-state index is 0.0500. The van der Waals surface area contributed by atoms with Crippen LogP contribution < -0.4 is 4.72 Å². The SMILES string of the molecule is CCn1cc(S(=O)(=O)NC(C)(C)C(=O)N(C)C)cn1. The van der Waals surface area contributed by atoms with Gasteiger partial charge >= 0.3 is 0 Å². The van der Waals surface area contributed by atoms with Crippen LogP contribution in [0, 0.1) is 0 Å². The number of nitrogens with zero attached hydrogens (tertiary/aromatic N) is 3. The lowest BCUT2D eigenvalue weighted by atomic mass is 10.1. The third kappa shape index (κ3) is 3.54. The summed E-state index contributed by atoms with van der Waals surface area (Å²) in [5.74, 6) is -0.320. The van der Waals surface area contributed by atoms with Crippen molar-refractivity contribution >= 4 is 15.9 Å². The molecular weight excluding hydrogens is 268 g/mol. The minimum atomic E-state index is -3.77. The molecule has 1 aromatic rings. The van der Waals surface area contributed by atoms with Gasteiger partial charge in [-0.3, -0.25) is 9.48 Å². The van der Waals surface area contributed by atoms with Crippen molar-refractivity contribution < 1.29 is 13.2 Å². The monoisotopic (exact) mass is 288 g/mol. The molecule has 0 unspecified atom stereocenters. The van der Waals surface area contributed by atoms with Crippen LogP contribution in [0.3, 0.4) is 0 Å². The lowest BCUT2D eigenvalue weighted by Gasteiger charge is -2.27. The Kier molecular flexibility index (Phi) is 4.36. The molecule has 1 N–H and O–H groups in total. The van der Waals surface area contributed by atoms with E-state index in [0.717, 1.165) is 0 Å². The van der Waals surface area contributed by atoms with Crippen LogP contribution in [0.5, 0.6) is 0 Å². The maximum Gasteiger partial charge on any atom is 0.244 e. The van der Waals surface area contributed by atoms with Crippen LogP contribution in [-0.4, -0.2) is 48.6 Å². The van der Waals surface area contributed by atoms with E-state index in [1.807, 2.05) is 6.92 Å². The molecule has 1 aromatic heterocycles. The Labute approximate surface area is 113 Å². The molecule has 108 valence electrons. The molecule has 1 heterocycles. The van der Waals surface area contributed by atoms with Gasteiger partial charge in [-0.2, -0.15) is 9.82 Å². The predicted molar refractivity (Wildman–Crippen MR) is 71.0 cm³/mol. The smallest absolute Gasteiger partial charge is 0.244 e. The van der Waals surface area contributed by atoms with E-state index in [2.05, 4.69) is 9.82 Å². The largest absolute Gasteiger partial charge is 0.347 e. The normalized spacial score (nSPS) is 12.5. The molecule has 0 saturated carbocycles. The van der Waals surface area contributed by atoms with E-state index in [4.69, 9.17) is 0 Å². The number of aryl methyl sites for hydroxylation is 1. The van der Waals surface area contributed by atoms with Gasteiger partial charge in [-0.15, -0.1) is 0 Å². The number of likely N-dealkylation sites (N-methyl/N-ethyl adjacent to an activating group) is 1. The van der Waals surface area contributed by atoms with Crippen molar-refractivity contribution in [1.29, 1.82) is 0 Å². The van der Waals surface area contributed by atoms with Crippen LogP contribution in [0.4, 0.5) is 0 Å². The van der Waals surface area contributed by atoms with Gasteiger partial charge in [0.2, 0.25) is 15.9 Å². The van der Waals surface area contributed by atoms with Crippen molar-refractivity contribution in [2.45, 2.75) is 37.8 Å². The Morgan fingerprint density at radius 2 is 2.05 bits per heavy atom. The van der Waals surface area contributed by atoms with Gasteiger partial charge in [0.1, 0.15) is 10.4 Å². The number of nitrogens with one attached hydrogen (secondary N) is 1. The van der Waals surface area contributed by atoms with E-state index in [1.54, 1.807) is 14.1 Å². The van der Waals surface area contributed by atoms with Crippen LogP contribution in [0.1, 0.15) is 20.8 Å². The first-order valence-electron chi connectivity index (χ1n) is 5.88. The molecule has 1 rings (SSSR count). The van der Waals surface area contributed by atoms with Gasteiger partial charge in [-0.25, -0.2) is 8.42 Å². The second-order valence-corrected chi connectivity index (χ2v) is 6.64. The molecule has 0 bridgehead atoms. The van der Waals surface area contributed by atoms with Gasteiger partial charge in [0.15, 0.2) is 0 Å². The number of amides is 1. The van der Waals surface area contributed by atoms with Crippen LogP contribution >= 0.6 is 0 Å². The summed E-state index contributed by atoms with van der Waals surface area (Å²) in [5.41, 5.74) is -1.21. The number of carbonyl (C=O) groups excluding carboxylic acids is 1. The van der Waals surface area contributed by atoms with E-state index in [0.29, 0.717) is 6.54 Å². The molecule has 0 aromatic carbocycles. The third-order valence-electron chi connectivity index (χ3n) is 2.57. The fourth-order valence-corrected chi connectivity index (χ4v) is 2.98. The molecule has 8 heteroatoms. The van der Waals surface area contributed by atoms with Gasteiger partial charge in [0.05, 0.1) is 6.20 Å². The molecule has 0 fully saturated rings. The highest BCUT2D eigenvalue weighted by atomic mass is 32.2. The molecule has 19 heavy (non-hydrogen) atoms. The molecule has 1 amide bonds. The van der Waals surface area contributed by atoms with Crippen LogP contribution in [0.25, 0.3) is 0 Å². The van der Waals surface area contributed by atoms with Gasteiger partial charge in [-0.05, 0) is 20.8 Å². The lowest BCUT2D eigenvalue weighted by Crippen LogP contribution is -2.54. The van der Waals surface area contributed by atoms with E-state index in [-0.39, 0.29) is 10.8 Å². The number of carbonyl (C=O) groups is 1. The molecule has 0 radical (unpaired) electrons.